The van der Waals surface area contributed by atoms with Crippen molar-refractivity contribution in [2.45, 2.75) is 19.4 Å². The van der Waals surface area contributed by atoms with Crippen LogP contribution in [0.5, 0.6) is 0 Å². The second-order valence-electron chi connectivity index (χ2n) is 3.38. The van der Waals surface area contributed by atoms with Crippen LogP contribution in [0.25, 0.3) is 0 Å². The Morgan fingerprint density at radius 1 is 1.54 bits per heavy atom. The van der Waals surface area contributed by atoms with Gasteiger partial charge in [0.15, 0.2) is 5.69 Å². The molecule has 1 aromatic rings. The summed E-state index contributed by atoms with van der Waals surface area (Å²) in [5.74, 6) is 1.49. The molecule has 4 nitrogen and oxygen atoms in total. The molecule has 1 N–H and O–H groups in total. The number of nitriles is 1. The molecule has 0 spiro atoms. The molecule has 4 heteroatoms. The number of hydrogen-bond acceptors (Lipinski definition) is 4. The minimum atomic E-state index is 0.356. The summed E-state index contributed by atoms with van der Waals surface area (Å²) >= 11 is 0. The van der Waals surface area contributed by atoms with Gasteiger partial charge in [-0.25, -0.2) is 0 Å². The van der Waals surface area contributed by atoms with Gasteiger partial charge in [0.05, 0.1) is 0 Å². The highest BCUT2D eigenvalue weighted by atomic mass is 15.2. The Morgan fingerprint density at radius 3 is 2.77 bits per heavy atom. The largest absolute Gasteiger partial charge is 0.366 e. The molecule has 1 aliphatic rings. The molecule has 0 radical (unpaired) electrons. The topological polar surface area (TPSA) is 61.6 Å². The summed E-state index contributed by atoms with van der Waals surface area (Å²) < 4.78 is 0. The van der Waals surface area contributed by atoms with Gasteiger partial charge in [-0.3, -0.25) is 0 Å². The van der Waals surface area contributed by atoms with Crippen LogP contribution in [0.15, 0.2) is 12.1 Å². The molecule has 13 heavy (non-hydrogen) atoms. The molecule has 2 atom stereocenters. The van der Waals surface area contributed by atoms with Crippen molar-refractivity contribution in [3.8, 4) is 6.07 Å². The minimum Gasteiger partial charge on any atom is -0.366 e. The SMILES string of the molecule is C[C@@H]1C[C@H]1Nc1ccc(C#N)nn1. The van der Waals surface area contributed by atoms with Crippen molar-refractivity contribution in [2.24, 2.45) is 5.92 Å². The fraction of sp³-hybridized carbons (Fsp3) is 0.444. The van der Waals surface area contributed by atoms with E-state index < -0.39 is 0 Å². The molecule has 0 bridgehead atoms. The quantitative estimate of drug-likeness (QED) is 0.731. The maximum atomic E-state index is 8.49. The molecular weight excluding hydrogens is 164 g/mol. The van der Waals surface area contributed by atoms with Gasteiger partial charge in [0.1, 0.15) is 11.9 Å². The van der Waals surface area contributed by atoms with E-state index in [1.807, 2.05) is 6.07 Å². The third-order valence-electron chi connectivity index (χ3n) is 2.22. The third kappa shape index (κ3) is 1.75. The molecule has 0 aromatic carbocycles. The Morgan fingerprint density at radius 2 is 2.31 bits per heavy atom. The highest BCUT2D eigenvalue weighted by Gasteiger charge is 2.32. The van der Waals surface area contributed by atoms with Gasteiger partial charge in [-0.05, 0) is 24.5 Å². The summed E-state index contributed by atoms with van der Waals surface area (Å²) in [6.45, 7) is 2.19. The molecule has 0 unspecified atom stereocenters. The van der Waals surface area contributed by atoms with Crippen LogP contribution in [0.2, 0.25) is 0 Å². The van der Waals surface area contributed by atoms with Gasteiger partial charge in [-0.2, -0.15) is 5.26 Å². The van der Waals surface area contributed by atoms with Gasteiger partial charge in [-0.1, -0.05) is 6.92 Å². The normalized spacial score (nSPS) is 24.9. The van der Waals surface area contributed by atoms with Crippen LogP contribution in [0, 0.1) is 17.2 Å². The smallest absolute Gasteiger partial charge is 0.163 e. The van der Waals surface area contributed by atoms with Crippen LogP contribution in [-0.2, 0) is 0 Å². The Labute approximate surface area is 76.6 Å². The van der Waals surface area contributed by atoms with Gasteiger partial charge in [0.25, 0.3) is 0 Å². The van der Waals surface area contributed by atoms with Crippen LogP contribution >= 0.6 is 0 Å². The highest BCUT2D eigenvalue weighted by Crippen LogP contribution is 2.31. The maximum Gasteiger partial charge on any atom is 0.163 e. The lowest BCUT2D eigenvalue weighted by Gasteiger charge is -2.01. The number of hydrogen-bond donors (Lipinski definition) is 1. The molecule has 2 rings (SSSR count). The number of rotatable bonds is 2. The molecule has 0 aliphatic heterocycles. The molecule has 1 heterocycles. The zero-order chi connectivity index (χ0) is 9.26. The van der Waals surface area contributed by atoms with Crippen molar-refractivity contribution < 1.29 is 0 Å². The molecule has 1 fully saturated rings. The first-order valence-electron chi connectivity index (χ1n) is 4.30. The van der Waals surface area contributed by atoms with Gasteiger partial charge >= 0.3 is 0 Å². The zero-order valence-corrected chi connectivity index (χ0v) is 7.36. The van der Waals surface area contributed by atoms with Crippen LogP contribution in [0.1, 0.15) is 19.0 Å². The Bertz CT molecular complexity index is 338. The predicted molar refractivity (Wildman–Crippen MR) is 47.9 cm³/mol. The zero-order valence-electron chi connectivity index (χ0n) is 7.36. The van der Waals surface area contributed by atoms with Gasteiger partial charge in [0.2, 0.25) is 0 Å². The van der Waals surface area contributed by atoms with Crippen LogP contribution in [0.4, 0.5) is 5.82 Å². The lowest BCUT2D eigenvalue weighted by atomic mass is 10.4. The van der Waals surface area contributed by atoms with Gasteiger partial charge in [0, 0.05) is 6.04 Å². The number of nitrogens with one attached hydrogen (secondary N) is 1. The van der Waals surface area contributed by atoms with E-state index in [1.54, 1.807) is 12.1 Å². The van der Waals surface area contributed by atoms with Crippen molar-refractivity contribution in [2.75, 3.05) is 5.32 Å². The van der Waals surface area contributed by atoms with E-state index >= 15 is 0 Å². The standard InChI is InChI=1S/C9H10N4/c1-6-4-8(6)11-9-3-2-7(5-10)12-13-9/h2-3,6,8H,4H2,1H3,(H,11,13)/t6-,8-/m1/s1. The Kier molecular flexibility index (Phi) is 1.85. The Balaban J connectivity index is 2.02. The van der Waals surface area contributed by atoms with E-state index in [2.05, 4.69) is 22.4 Å². The first-order chi connectivity index (χ1) is 6.29. The number of aromatic nitrogens is 2. The van der Waals surface area contributed by atoms with E-state index in [1.165, 1.54) is 6.42 Å². The predicted octanol–water partition coefficient (Wildman–Crippen LogP) is 1.17. The average molecular weight is 174 g/mol. The highest BCUT2D eigenvalue weighted by molar-refractivity contribution is 5.38. The van der Waals surface area contributed by atoms with E-state index in [9.17, 15) is 0 Å². The molecule has 66 valence electrons. The van der Waals surface area contributed by atoms with Crippen molar-refractivity contribution >= 4 is 5.82 Å². The third-order valence-corrected chi connectivity index (χ3v) is 2.22. The minimum absolute atomic E-state index is 0.356. The summed E-state index contributed by atoms with van der Waals surface area (Å²) in [7, 11) is 0. The monoisotopic (exact) mass is 174 g/mol. The van der Waals surface area contributed by atoms with E-state index in [0.29, 0.717) is 11.7 Å². The fourth-order valence-corrected chi connectivity index (χ4v) is 1.18. The summed E-state index contributed by atoms with van der Waals surface area (Å²) in [5, 5.41) is 19.3. The van der Waals surface area contributed by atoms with E-state index in [4.69, 9.17) is 5.26 Å². The first-order valence-corrected chi connectivity index (χ1v) is 4.30. The summed E-state index contributed by atoms with van der Waals surface area (Å²) in [4.78, 5) is 0. The lowest BCUT2D eigenvalue weighted by Crippen LogP contribution is -2.06. The van der Waals surface area contributed by atoms with Crippen LogP contribution in [0.3, 0.4) is 0 Å². The molecule has 1 aromatic heterocycles. The molecular formula is C9H10N4. The second-order valence-corrected chi connectivity index (χ2v) is 3.38. The number of anilines is 1. The van der Waals surface area contributed by atoms with Crippen LogP contribution < -0.4 is 5.32 Å². The summed E-state index contributed by atoms with van der Waals surface area (Å²) in [5.41, 5.74) is 0.356. The summed E-state index contributed by atoms with van der Waals surface area (Å²) in [6, 6.07) is 5.93. The van der Waals surface area contributed by atoms with Crippen molar-refractivity contribution in [1.29, 1.82) is 5.26 Å². The fourth-order valence-electron chi connectivity index (χ4n) is 1.18. The van der Waals surface area contributed by atoms with E-state index in [-0.39, 0.29) is 0 Å². The van der Waals surface area contributed by atoms with E-state index in [0.717, 1.165) is 11.7 Å². The molecule has 1 aliphatic carbocycles. The van der Waals surface area contributed by atoms with Gasteiger partial charge in [-0.15, -0.1) is 10.2 Å². The Hall–Kier alpha value is -1.63. The average Bonchev–Trinajstić information content (AvgIpc) is 2.83. The van der Waals surface area contributed by atoms with Crippen LogP contribution in [-0.4, -0.2) is 16.2 Å². The van der Waals surface area contributed by atoms with Crippen molar-refractivity contribution in [1.82, 2.24) is 10.2 Å². The van der Waals surface area contributed by atoms with Crippen molar-refractivity contribution in [3.05, 3.63) is 17.8 Å². The van der Waals surface area contributed by atoms with Crippen molar-refractivity contribution in [3.63, 3.8) is 0 Å². The summed E-state index contributed by atoms with van der Waals surface area (Å²) in [6.07, 6.45) is 1.20. The second kappa shape index (κ2) is 3.02. The maximum absolute atomic E-state index is 8.49. The molecule has 0 amide bonds. The number of nitrogens with zero attached hydrogens (tertiary/aromatic N) is 3. The van der Waals surface area contributed by atoms with Gasteiger partial charge < -0.3 is 5.32 Å². The lowest BCUT2D eigenvalue weighted by molar-refractivity contribution is 0.909. The molecule has 1 saturated carbocycles. The first kappa shape index (κ1) is 7.99. The molecule has 0 saturated heterocycles.